The van der Waals surface area contributed by atoms with Gasteiger partial charge in [0.05, 0.1) is 0 Å². The van der Waals surface area contributed by atoms with E-state index >= 15 is 0 Å². The topological polar surface area (TPSA) is 9.72 Å². The first-order valence-corrected chi connectivity index (χ1v) is 7.74. The Morgan fingerprint density at radius 1 is 0.900 bits per heavy atom. The summed E-state index contributed by atoms with van der Waals surface area (Å²) < 4.78 is 0. The van der Waals surface area contributed by atoms with E-state index in [1.807, 2.05) is 0 Å². The fraction of sp³-hybridized carbons (Fsp3) is 0.647. The number of nitrogens with zero attached hydrogens (tertiary/aromatic N) is 3. The molecule has 0 spiro atoms. The van der Waals surface area contributed by atoms with Crippen LogP contribution in [0.25, 0.3) is 0 Å². The first kappa shape index (κ1) is 13.9. The van der Waals surface area contributed by atoms with Gasteiger partial charge in [-0.15, -0.1) is 0 Å². The minimum absolute atomic E-state index is 0.257. The van der Waals surface area contributed by atoms with Crippen molar-refractivity contribution in [1.29, 1.82) is 0 Å². The quantitative estimate of drug-likeness (QED) is 0.778. The van der Waals surface area contributed by atoms with Crippen molar-refractivity contribution in [2.24, 2.45) is 0 Å². The molecule has 0 atom stereocenters. The summed E-state index contributed by atoms with van der Waals surface area (Å²) in [5.74, 6) is 0. The van der Waals surface area contributed by atoms with Crippen LogP contribution in [0.5, 0.6) is 0 Å². The van der Waals surface area contributed by atoms with Gasteiger partial charge < -0.3 is 9.80 Å². The lowest BCUT2D eigenvalue weighted by Crippen LogP contribution is -2.44. The molecule has 1 aromatic carbocycles. The van der Waals surface area contributed by atoms with E-state index in [2.05, 4.69) is 60.7 Å². The predicted octanol–water partition coefficient (Wildman–Crippen LogP) is 2.55. The normalized spacial score (nSPS) is 21.3. The highest BCUT2D eigenvalue weighted by Gasteiger charge is 2.28. The van der Waals surface area contributed by atoms with Crippen LogP contribution >= 0.6 is 0 Å². The minimum Gasteiger partial charge on any atom is -0.369 e. The maximum atomic E-state index is 2.56. The van der Waals surface area contributed by atoms with Gasteiger partial charge in [-0.1, -0.05) is 6.07 Å². The third-order valence-electron chi connectivity index (χ3n) is 4.73. The van der Waals surface area contributed by atoms with Gasteiger partial charge >= 0.3 is 0 Å². The molecule has 0 radical (unpaired) electrons. The summed E-state index contributed by atoms with van der Waals surface area (Å²) in [4.78, 5) is 7.50. The Labute approximate surface area is 123 Å². The summed E-state index contributed by atoms with van der Waals surface area (Å²) in [6.07, 6.45) is 0. The first-order valence-electron chi connectivity index (χ1n) is 7.74. The molecule has 3 nitrogen and oxygen atoms in total. The average molecular weight is 273 g/mol. The monoisotopic (exact) mass is 273 g/mol. The molecule has 0 aromatic heterocycles. The van der Waals surface area contributed by atoms with Gasteiger partial charge in [-0.2, -0.15) is 0 Å². The van der Waals surface area contributed by atoms with Gasteiger partial charge in [0.1, 0.15) is 0 Å². The number of anilines is 1. The fourth-order valence-electron chi connectivity index (χ4n) is 3.12. The average Bonchev–Trinajstić information content (AvgIpc) is 2.82. The van der Waals surface area contributed by atoms with Gasteiger partial charge in [0.2, 0.25) is 0 Å². The van der Waals surface area contributed by atoms with Crippen molar-refractivity contribution in [3.63, 3.8) is 0 Å². The van der Waals surface area contributed by atoms with Gasteiger partial charge in [0, 0.05) is 50.5 Å². The number of rotatable bonds is 1. The molecule has 0 bridgehead atoms. The summed E-state index contributed by atoms with van der Waals surface area (Å²) in [7, 11) is 2.21. The van der Waals surface area contributed by atoms with Crippen LogP contribution in [-0.2, 0) is 13.1 Å². The Kier molecular flexibility index (Phi) is 3.51. The van der Waals surface area contributed by atoms with E-state index in [0.29, 0.717) is 0 Å². The van der Waals surface area contributed by atoms with E-state index in [4.69, 9.17) is 0 Å². The van der Waals surface area contributed by atoms with Crippen LogP contribution in [0, 0.1) is 0 Å². The van der Waals surface area contributed by atoms with Crippen molar-refractivity contribution < 1.29 is 0 Å². The highest BCUT2D eigenvalue weighted by molar-refractivity contribution is 5.52. The van der Waals surface area contributed by atoms with Gasteiger partial charge in [-0.3, -0.25) is 4.90 Å². The number of hydrogen-bond donors (Lipinski definition) is 0. The minimum atomic E-state index is 0.257. The number of likely N-dealkylation sites (N-methyl/N-ethyl adjacent to an activating group) is 1. The molecule has 2 aliphatic rings. The first-order chi connectivity index (χ1) is 9.43. The van der Waals surface area contributed by atoms with Crippen molar-refractivity contribution in [2.45, 2.75) is 39.4 Å². The number of fused-ring (bicyclic) bond motifs is 1. The van der Waals surface area contributed by atoms with Gasteiger partial charge in [-0.05, 0) is 51.1 Å². The maximum absolute atomic E-state index is 2.56. The Morgan fingerprint density at radius 2 is 1.55 bits per heavy atom. The second kappa shape index (κ2) is 5.05. The Morgan fingerprint density at radius 3 is 2.20 bits per heavy atom. The zero-order chi connectivity index (χ0) is 14.3. The molecule has 2 heterocycles. The van der Waals surface area contributed by atoms with Crippen molar-refractivity contribution in [2.75, 3.05) is 38.1 Å². The lowest BCUT2D eigenvalue weighted by molar-refractivity contribution is 0.136. The molecule has 1 saturated heterocycles. The molecule has 0 N–H and O–H groups in total. The molecular formula is C17H27N3. The van der Waals surface area contributed by atoms with E-state index in [1.165, 1.54) is 29.9 Å². The summed E-state index contributed by atoms with van der Waals surface area (Å²) in [5, 5.41) is 0. The highest BCUT2D eigenvalue weighted by atomic mass is 15.2. The molecule has 3 rings (SSSR count). The SMILES string of the molecule is CN1CCN(c2ccc3c(c2)CN(C(C)(C)C)C3)CC1. The van der Waals surface area contributed by atoms with Crippen LogP contribution in [0.4, 0.5) is 5.69 Å². The molecule has 0 aliphatic carbocycles. The molecule has 0 unspecified atom stereocenters. The van der Waals surface area contributed by atoms with Crippen LogP contribution in [0.2, 0.25) is 0 Å². The molecule has 2 aliphatic heterocycles. The number of hydrogen-bond acceptors (Lipinski definition) is 3. The van der Waals surface area contributed by atoms with E-state index in [1.54, 1.807) is 0 Å². The second-order valence-electron chi connectivity index (χ2n) is 7.27. The van der Waals surface area contributed by atoms with Crippen molar-refractivity contribution in [3.05, 3.63) is 29.3 Å². The molecular weight excluding hydrogens is 246 g/mol. The van der Waals surface area contributed by atoms with Crippen LogP contribution in [-0.4, -0.2) is 48.6 Å². The van der Waals surface area contributed by atoms with Crippen LogP contribution in [0.1, 0.15) is 31.9 Å². The van der Waals surface area contributed by atoms with E-state index < -0.39 is 0 Å². The summed E-state index contributed by atoms with van der Waals surface area (Å²) in [5.41, 5.74) is 4.70. The summed E-state index contributed by atoms with van der Waals surface area (Å²) in [6.45, 7) is 13.8. The Bertz CT molecular complexity index is 481. The van der Waals surface area contributed by atoms with Crippen molar-refractivity contribution in [1.82, 2.24) is 9.80 Å². The number of benzene rings is 1. The third kappa shape index (κ3) is 2.70. The fourth-order valence-corrected chi connectivity index (χ4v) is 3.12. The highest BCUT2D eigenvalue weighted by Crippen LogP contribution is 2.31. The largest absolute Gasteiger partial charge is 0.369 e. The molecule has 1 fully saturated rings. The number of piperazine rings is 1. The Balaban J connectivity index is 1.76. The lowest BCUT2D eigenvalue weighted by atomic mass is 10.1. The Hall–Kier alpha value is -1.06. The molecule has 0 amide bonds. The maximum Gasteiger partial charge on any atom is 0.0370 e. The van der Waals surface area contributed by atoms with Crippen LogP contribution in [0.3, 0.4) is 0 Å². The van der Waals surface area contributed by atoms with Crippen LogP contribution < -0.4 is 4.90 Å². The zero-order valence-corrected chi connectivity index (χ0v) is 13.3. The van der Waals surface area contributed by atoms with Gasteiger partial charge in [0.15, 0.2) is 0 Å². The van der Waals surface area contributed by atoms with E-state index in [9.17, 15) is 0 Å². The summed E-state index contributed by atoms with van der Waals surface area (Å²) >= 11 is 0. The molecule has 1 aromatic rings. The van der Waals surface area contributed by atoms with Crippen molar-refractivity contribution in [3.8, 4) is 0 Å². The smallest absolute Gasteiger partial charge is 0.0370 e. The lowest BCUT2D eigenvalue weighted by Gasteiger charge is -2.34. The van der Waals surface area contributed by atoms with Gasteiger partial charge in [-0.25, -0.2) is 0 Å². The molecule has 20 heavy (non-hydrogen) atoms. The standard InChI is InChI=1S/C17H27N3/c1-17(2,3)20-12-14-5-6-16(11-15(14)13-20)19-9-7-18(4)8-10-19/h5-6,11H,7-10,12-13H2,1-4H3. The van der Waals surface area contributed by atoms with Gasteiger partial charge in [0.25, 0.3) is 0 Å². The second-order valence-corrected chi connectivity index (χ2v) is 7.27. The summed E-state index contributed by atoms with van der Waals surface area (Å²) in [6, 6.07) is 7.08. The zero-order valence-electron chi connectivity index (χ0n) is 13.3. The van der Waals surface area contributed by atoms with E-state index in [-0.39, 0.29) is 5.54 Å². The molecule has 0 saturated carbocycles. The van der Waals surface area contributed by atoms with E-state index in [0.717, 1.165) is 26.2 Å². The third-order valence-corrected chi connectivity index (χ3v) is 4.73. The molecule has 3 heteroatoms. The molecule has 110 valence electrons. The predicted molar refractivity (Wildman–Crippen MR) is 85.2 cm³/mol. The van der Waals surface area contributed by atoms with Crippen molar-refractivity contribution >= 4 is 5.69 Å². The van der Waals surface area contributed by atoms with Crippen LogP contribution in [0.15, 0.2) is 18.2 Å².